The van der Waals surface area contributed by atoms with Crippen LogP contribution in [0.5, 0.6) is 0 Å². The summed E-state index contributed by atoms with van der Waals surface area (Å²) in [6.07, 6.45) is 5.99. The van der Waals surface area contributed by atoms with Crippen molar-refractivity contribution in [3.05, 3.63) is 0 Å². The second-order valence-electron chi connectivity index (χ2n) is 7.32. The predicted octanol–water partition coefficient (Wildman–Crippen LogP) is 2.49. The lowest BCUT2D eigenvalue weighted by atomic mass is 9.93. The fourth-order valence-corrected chi connectivity index (χ4v) is 3.46. The lowest BCUT2D eigenvalue weighted by Crippen LogP contribution is -2.41. The Morgan fingerprint density at radius 1 is 1.23 bits per heavy atom. The molecule has 2 N–H and O–H groups in total. The lowest BCUT2D eigenvalue weighted by Gasteiger charge is -2.30. The number of likely N-dealkylation sites (N-methyl/N-ethyl adjacent to an activating group) is 1. The zero-order valence-corrected chi connectivity index (χ0v) is 17.7. The van der Waals surface area contributed by atoms with E-state index in [1.165, 1.54) is 19.3 Å². The van der Waals surface area contributed by atoms with Gasteiger partial charge in [0.1, 0.15) is 0 Å². The van der Waals surface area contributed by atoms with Crippen LogP contribution in [0, 0.1) is 5.92 Å². The molecule has 6 nitrogen and oxygen atoms in total. The number of aliphatic imine (C=N–C) groups is 1. The molecule has 1 aliphatic rings. The number of rotatable bonds is 13. The SMILES string of the molecule is CCNC(=NCC(C(CC)CC)N(C)C)NCCCOCC1CCCO1. The van der Waals surface area contributed by atoms with Gasteiger partial charge in [0.05, 0.1) is 19.3 Å². The van der Waals surface area contributed by atoms with Crippen molar-refractivity contribution in [2.75, 3.05) is 53.6 Å². The van der Waals surface area contributed by atoms with Gasteiger partial charge in [0.15, 0.2) is 5.96 Å². The maximum Gasteiger partial charge on any atom is 0.191 e. The van der Waals surface area contributed by atoms with Crippen LogP contribution in [0.3, 0.4) is 0 Å². The summed E-state index contributed by atoms with van der Waals surface area (Å²) in [4.78, 5) is 7.13. The van der Waals surface area contributed by atoms with Crippen molar-refractivity contribution in [2.45, 2.75) is 65.0 Å². The Morgan fingerprint density at radius 3 is 2.58 bits per heavy atom. The van der Waals surface area contributed by atoms with Crippen LogP contribution >= 0.6 is 0 Å². The molecule has 0 radical (unpaired) electrons. The molecule has 2 atom stereocenters. The van der Waals surface area contributed by atoms with Gasteiger partial charge in [-0.05, 0) is 46.2 Å². The van der Waals surface area contributed by atoms with E-state index in [2.05, 4.69) is 50.4 Å². The number of hydrogen-bond acceptors (Lipinski definition) is 4. The molecule has 0 bridgehead atoms. The maximum atomic E-state index is 5.72. The minimum Gasteiger partial charge on any atom is -0.379 e. The third kappa shape index (κ3) is 9.19. The van der Waals surface area contributed by atoms with Gasteiger partial charge in [-0.25, -0.2) is 0 Å². The van der Waals surface area contributed by atoms with Crippen LogP contribution in [0.4, 0.5) is 0 Å². The first-order chi connectivity index (χ1) is 12.6. The number of nitrogens with one attached hydrogen (secondary N) is 2. The zero-order valence-electron chi connectivity index (χ0n) is 17.7. The molecule has 0 saturated carbocycles. The van der Waals surface area contributed by atoms with E-state index in [0.717, 1.165) is 58.3 Å². The van der Waals surface area contributed by atoms with E-state index < -0.39 is 0 Å². The van der Waals surface area contributed by atoms with Gasteiger partial charge in [0.25, 0.3) is 0 Å². The summed E-state index contributed by atoms with van der Waals surface area (Å²) in [7, 11) is 4.31. The number of ether oxygens (including phenoxy) is 2. The Hall–Kier alpha value is -0.850. The monoisotopic (exact) mass is 370 g/mol. The highest BCUT2D eigenvalue weighted by molar-refractivity contribution is 5.79. The van der Waals surface area contributed by atoms with Crippen LogP contribution in [0.1, 0.15) is 52.9 Å². The molecule has 0 aromatic rings. The van der Waals surface area contributed by atoms with Gasteiger partial charge < -0.3 is 25.0 Å². The summed E-state index contributed by atoms with van der Waals surface area (Å²) >= 11 is 0. The quantitative estimate of drug-likeness (QED) is 0.296. The van der Waals surface area contributed by atoms with Crippen LogP contribution in [-0.2, 0) is 9.47 Å². The molecule has 1 heterocycles. The second kappa shape index (κ2) is 14.2. The van der Waals surface area contributed by atoms with Crippen LogP contribution in [0.2, 0.25) is 0 Å². The standard InChI is InChI=1S/C20H42N4O2/c1-6-17(7-2)19(24(4)5)15-23-20(21-8-3)22-12-10-13-25-16-18-11-9-14-26-18/h17-19H,6-16H2,1-5H3,(H2,21,22,23). The highest BCUT2D eigenvalue weighted by Gasteiger charge is 2.20. The van der Waals surface area contributed by atoms with Gasteiger partial charge in [0, 0.05) is 32.3 Å². The largest absolute Gasteiger partial charge is 0.379 e. The van der Waals surface area contributed by atoms with Gasteiger partial charge in [-0.1, -0.05) is 26.7 Å². The van der Waals surface area contributed by atoms with Crippen LogP contribution in [-0.4, -0.2) is 76.6 Å². The lowest BCUT2D eigenvalue weighted by molar-refractivity contribution is 0.0168. The van der Waals surface area contributed by atoms with Crippen LogP contribution in [0.15, 0.2) is 4.99 Å². The third-order valence-electron chi connectivity index (χ3n) is 5.12. The van der Waals surface area contributed by atoms with Crippen LogP contribution in [0.25, 0.3) is 0 Å². The summed E-state index contributed by atoms with van der Waals surface area (Å²) < 4.78 is 11.3. The molecule has 1 fully saturated rings. The second-order valence-corrected chi connectivity index (χ2v) is 7.32. The van der Waals surface area contributed by atoms with Crippen molar-refractivity contribution in [1.29, 1.82) is 0 Å². The molecule has 0 amide bonds. The molecular formula is C20H42N4O2. The van der Waals surface area contributed by atoms with Crippen LogP contribution < -0.4 is 10.6 Å². The fourth-order valence-electron chi connectivity index (χ4n) is 3.46. The van der Waals surface area contributed by atoms with Crippen molar-refractivity contribution in [1.82, 2.24) is 15.5 Å². The smallest absolute Gasteiger partial charge is 0.191 e. The fraction of sp³-hybridized carbons (Fsp3) is 0.950. The highest BCUT2D eigenvalue weighted by atomic mass is 16.5. The van der Waals surface area contributed by atoms with Crippen molar-refractivity contribution >= 4 is 5.96 Å². The van der Waals surface area contributed by atoms with Crippen molar-refractivity contribution in [2.24, 2.45) is 10.9 Å². The molecule has 2 unspecified atom stereocenters. The summed E-state index contributed by atoms with van der Waals surface area (Å²) in [5.74, 6) is 1.59. The highest BCUT2D eigenvalue weighted by Crippen LogP contribution is 2.17. The van der Waals surface area contributed by atoms with Gasteiger partial charge in [-0.3, -0.25) is 4.99 Å². The minimum absolute atomic E-state index is 0.315. The Morgan fingerprint density at radius 2 is 2.00 bits per heavy atom. The molecule has 0 spiro atoms. The normalized spacial score (nSPS) is 19.3. The molecule has 1 saturated heterocycles. The minimum atomic E-state index is 0.315. The molecule has 6 heteroatoms. The Kier molecular flexibility index (Phi) is 12.7. The molecule has 154 valence electrons. The van der Waals surface area contributed by atoms with Crippen molar-refractivity contribution < 1.29 is 9.47 Å². The summed E-state index contributed by atoms with van der Waals surface area (Å²) in [5.41, 5.74) is 0. The number of nitrogens with zero attached hydrogens (tertiary/aromatic N) is 2. The van der Waals surface area contributed by atoms with E-state index >= 15 is 0 Å². The number of hydrogen-bond donors (Lipinski definition) is 2. The van der Waals surface area contributed by atoms with E-state index in [-0.39, 0.29) is 0 Å². The topological polar surface area (TPSA) is 58.1 Å². The Bertz CT molecular complexity index is 367. The molecule has 0 aliphatic carbocycles. The van der Waals surface area contributed by atoms with Crippen molar-refractivity contribution in [3.8, 4) is 0 Å². The van der Waals surface area contributed by atoms with Gasteiger partial charge in [-0.15, -0.1) is 0 Å². The van der Waals surface area contributed by atoms with E-state index in [1.54, 1.807) is 0 Å². The predicted molar refractivity (Wildman–Crippen MR) is 110 cm³/mol. The number of guanidine groups is 1. The van der Waals surface area contributed by atoms with E-state index in [9.17, 15) is 0 Å². The average molecular weight is 371 g/mol. The first-order valence-electron chi connectivity index (χ1n) is 10.5. The third-order valence-corrected chi connectivity index (χ3v) is 5.12. The maximum absolute atomic E-state index is 5.72. The summed E-state index contributed by atoms with van der Waals surface area (Å²) in [6, 6.07) is 0.482. The zero-order chi connectivity index (χ0) is 19.2. The molecule has 1 aliphatic heterocycles. The van der Waals surface area contributed by atoms with Crippen molar-refractivity contribution in [3.63, 3.8) is 0 Å². The van der Waals surface area contributed by atoms with Gasteiger partial charge in [0.2, 0.25) is 0 Å². The molecular weight excluding hydrogens is 328 g/mol. The van der Waals surface area contributed by atoms with E-state index in [0.29, 0.717) is 18.1 Å². The first kappa shape index (κ1) is 23.2. The molecule has 1 rings (SSSR count). The molecule has 0 aromatic carbocycles. The van der Waals surface area contributed by atoms with E-state index in [1.807, 2.05) is 0 Å². The molecule has 26 heavy (non-hydrogen) atoms. The summed E-state index contributed by atoms with van der Waals surface area (Å²) in [6.45, 7) is 11.6. The summed E-state index contributed by atoms with van der Waals surface area (Å²) in [5, 5.41) is 6.77. The van der Waals surface area contributed by atoms with E-state index in [4.69, 9.17) is 14.5 Å². The van der Waals surface area contributed by atoms with Gasteiger partial charge >= 0.3 is 0 Å². The average Bonchev–Trinajstić information content (AvgIpc) is 3.14. The van der Waals surface area contributed by atoms with Gasteiger partial charge in [-0.2, -0.15) is 0 Å². The first-order valence-corrected chi connectivity index (χ1v) is 10.5. The molecule has 0 aromatic heterocycles. The Labute approximate surface area is 161 Å². The Balaban J connectivity index is 2.32.